The van der Waals surface area contributed by atoms with Gasteiger partial charge in [-0.15, -0.1) is 11.8 Å². The van der Waals surface area contributed by atoms with Crippen LogP contribution in [0.1, 0.15) is 43.9 Å². The minimum atomic E-state index is -0.510. The summed E-state index contributed by atoms with van der Waals surface area (Å²) in [5, 5.41) is 3.24. The van der Waals surface area contributed by atoms with Crippen LogP contribution >= 0.6 is 0 Å². The molecule has 1 aromatic carbocycles. The lowest BCUT2D eigenvalue weighted by molar-refractivity contribution is 0.498. The van der Waals surface area contributed by atoms with E-state index in [9.17, 15) is 8.78 Å². The molecule has 0 saturated carbocycles. The van der Waals surface area contributed by atoms with Gasteiger partial charge in [0.25, 0.3) is 0 Å². The van der Waals surface area contributed by atoms with Gasteiger partial charge in [0, 0.05) is 24.1 Å². The molecule has 0 aromatic heterocycles. The second-order valence-electron chi connectivity index (χ2n) is 4.26. The van der Waals surface area contributed by atoms with Crippen LogP contribution in [0.4, 0.5) is 8.78 Å². The summed E-state index contributed by atoms with van der Waals surface area (Å²) in [6.45, 7) is 6.22. The first-order valence-corrected chi connectivity index (χ1v) is 6.18. The van der Waals surface area contributed by atoms with E-state index < -0.39 is 11.6 Å². The molecule has 0 fully saturated rings. The first-order chi connectivity index (χ1) is 8.60. The third kappa shape index (κ3) is 3.82. The van der Waals surface area contributed by atoms with Gasteiger partial charge in [-0.25, -0.2) is 8.78 Å². The second kappa shape index (κ2) is 7.13. The Bertz CT molecular complexity index is 458. The third-order valence-electron chi connectivity index (χ3n) is 2.78. The van der Waals surface area contributed by atoms with Gasteiger partial charge in [0.05, 0.1) is 0 Å². The van der Waals surface area contributed by atoms with Crippen molar-refractivity contribution in [2.24, 2.45) is 0 Å². The summed E-state index contributed by atoms with van der Waals surface area (Å²) < 4.78 is 27.0. The fraction of sp³-hybridized carbons (Fsp3) is 0.467. The largest absolute Gasteiger partial charge is 0.309 e. The fourth-order valence-electron chi connectivity index (χ4n) is 1.76. The van der Waals surface area contributed by atoms with Crippen molar-refractivity contribution < 1.29 is 8.78 Å². The minimum Gasteiger partial charge on any atom is -0.309 e. The van der Waals surface area contributed by atoms with Crippen molar-refractivity contribution in [1.82, 2.24) is 5.32 Å². The van der Waals surface area contributed by atoms with Gasteiger partial charge in [0.2, 0.25) is 0 Å². The number of benzene rings is 1. The Morgan fingerprint density at radius 3 is 2.61 bits per heavy atom. The van der Waals surface area contributed by atoms with Crippen LogP contribution < -0.4 is 5.32 Å². The zero-order valence-electron chi connectivity index (χ0n) is 11.1. The number of rotatable bonds is 5. The Morgan fingerprint density at radius 1 is 1.28 bits per heavy atom. The molecule has 1 rings (SSSR count). The molecule has 1 nitrogen and oxygen atoms in total. The normalized spacial score (nSPS) is 11.8. The molecule has 0 aliphatic heterocycles. The van der Waals surface area contributed by atoms with Gasteiger partial charge >= 0.3 is 0 Å². The molecule has 0 aliphatic rings. The summed E-state index contributed by atoms with van der Waals surface area (Å²) >= 11 is 0. The van der Waals surface area contributed by atoms with Crippen LogP contribution in [0.2, 0.25) is 0 Å². The topological polar surface area (TPSA) is 12.0 Å². The fourth-order valence-corrected chi connectivity index (χ4v) is 1.76. The van der Waals surface area contributed by atoms with Crippen LogP contribution in [0.5, 0.6) is 0 Å². The molecule has 0 saturated heterocycles. The summed E-state index contributed by atoms with van der Waals surface area (Å²) in [5.41, 5.74) is 0.948. The van der Waals surface area contributed by atoms with E-state index in [1.54, 1.807) is 19.9 Å². The van der Waals surface area contributed by atoms with Crippen LogP contribution in [0, 0.1) is 30.4 Å². The predicted octanol–water partition coefficient (Wildman–Crippen LogP) is 3.73. The summed E-state index contributed by atoms with van der Waals surface area (Å²) in [6, 6.07) is 2.33. The maximum atomic E-state index is 13.8. The standard InChI is InChI=1S/C15H19F2N/c1-4-6-7-15(18-8-5-2)12-9-11(3)13(16)10-14(12)17/h9-10,15,18H,5,7-8H2,1-3H3. The quantitative estimate of drug-likeness (QED) is 0.786. The van der Waals surface area contributed by atoms with Gasteiger partial charge in [-0.05, 0) is 38.4 Å². The Labute approximate surface area is 108 Å². The van der Waals surface area contributed by atoms with Crippen LogP contribution in [-0.4, -0.2) is 6.54 Å². The summed E-state index contributed by atoms with van der Waals surface area (Å²) in [6.07, 6.45) is 1.48. The SMILES string of the molecule is CC#CCC(NCCC)c1cc(C)c(F)cc1F. The highest BCUT2D eigenvalue weighted by molar-refractivity contribution is 5.29. The van der Waals surface area contributed by atoms with Gasteiger partial charge in [-0.2, -0.15) is 0 Å². The van der Waals surface area contributed by atoms with Crippen molar-refractivity contribution in [2.75, 3.05) is 6.54 Å². The Morgan fingerprint density at radius 2 is 2.00 bits per heavy atom. The summed E-state index contributed by atoms with van der Waals surface area (Å²) in [4.78, 5) is 0. The first kappa shape index (κ1) is 14.7. The van der Waals surface area contributed by atoms with E-state index in [4.69, 9.17) is 0 Å². The summed E-state index contributed by atoms with van der Waals surface area (Å²) in [5.74, 6) is 4.73. The molecule has 98 valence electrons. The molecular formula is C15H19F2N. The van der Waals surface area contributed by atoms with Crippen molar-refractivity contribution in [3.8, 4) is 11.8 Å². The van der Waals surface area contributed by atoms with E-state index in [1.165, 1.54) is 0 Å². The zero-order valence-corrected chi connectivity index (χ0v) is 11.1. The average Bonchev–Trinajstić information content (AvgIpc) is 2.35. The molecule has 18 heavy (non-hydrogen) atoms. The highest BCUT2D eigenvalue weighted by Gasteiger charge is 2.16. The highest BCUT2D eigenvalue weighted by atomic mass is 19.1. The second-order valence-corrected chi connectivity index (χ2v) is 4.26. The van der Waals surface area contributed by atoms with Crippen molar-refractivity contribution in [1.29, 1.82) is 0 Å². The van der Waals surface area contributed by atoms with Crippen LogP contribution in [0.3, 0.4) is 0 Å². The number of halogens is 2. The lowest BCUT2D eigenvalue weighted by Gasteiger charge is -2.18. The molecule has 0 aliphatic carbocycles. The number of aryl methyl sites for hydroxylation is 1. The number of hydrogen-bond acceptors (Lipinski definition) is 1. The molecule has 3 heteroatoms. The molecule has 1 aromatic rings. The first-order valence-electron chi connectivity index (χ1n) is 6.18. The molecule has 0 bridgehead atoms. The third-order valence-corrected chi connectivity index (χ3v) is 2.78. The maximum absolute atomic E-state index is 13.8. The lowest BCUT2D eigenvalue weighted by Crippen LogP contribution is -2.23. The zero-order chi connectivity index (χ0) is 13.5. The van der Waals surface area contributed by atoms with Gasteiger partial charge in [-0.1, -0.05) is 6.92 Å². The maximum Gasteiger partial charge on any atom is 0.130 e. The van der Waals surface area contributed by atoms with Crippen LogP contribution in [0.15, 0.2) is 12.1 Å². The molecule has 1 unspecified atom stereocenters. The molecule has 0 spiro atoms. The molecule has 1 atom stereocenters. The Balaban J connectivity index is 3.01. The molecule has 0 amide bonds. The van der Waals surface area contributed by atoms with Gasteiger partial charge in [0.1, 0.15) is 11.6 Å². The van der Waals surface area contributed by atoms with Gasteiger partial charge in [0.15, 0.2) is 0 Å². The van der Waals surface area contributed by atoms with Gasteiger partial charge < -0.3 is 5.32 Å². The summed E-state index contributed by atoms with van der Waals surface area (Å²) in [7, 11) is 0. The molecule has 0 heterocycles. The molecule has 0 radical (unpaired) electrons. The smallest absolute Gasteiger partial charge is 0.130 e. The minimum absolute atomic E-state index is 0.184. The molecular weight excluding hydrogens is 232 g/mol. The van der Waals surface area contributed by atoms with E-state index in [0.717, 1.165) is 19.0 Å². The number of hydrogen-bond donors (Lipinski definition) is 1. The van der Waals surface area contributed by atoms with Crippen LogP contribution in [0.25, 0.3) is 0 Å². The monoisotopic (exact) mass is 251 g/mol. The van der Waals surface area contributed by atoms with E-state index in [1.807, 2.05) is 6.92 Å². The lowest BCUT2D eigenvalue weighted by atomic mass is 10.0. The van der Waals surface area contributed by atoms with Crippen molar-refractivity contribution in [3.63, 3.8) is 0 Å². The Kier molecular flexibility index (Phi) is 5.80. The van der Waals surface area contributed by atoms with E-state index in [0.29, 0.717) is 17.5 Å². The van der Waals surface area contributed by atoms with Crippen LogP contribution in [-0.2, 0) is 0 Å². The predicted molar refractivity (Wildman–Crippen MR) is 70.2 cm³/mol. The van der Waals surface area contributed by atoms with Gasteiger partial charge in [-0.3, -0.25) is 0 Å². The van der Waals surface area contributed by atoms with E-state index in [-0.39, 0.29) is 6.04 Å². The van der Waals surface area contributed by atoms with E-state index in [2.05, 4.69) is 17.2 Å². The molecule has 1 N–H and O–H groups in total. The average molecular weight is 251 g/mol. The van der Waals surface area contributed by atoms with E-state index >= 15 is 0 Å². The number of nitrogens with one attached hydrogen (secondary N) is 1. The van der Waals surface area contributed by atoms with Crippen molar-refractivity contribution in [2.45, 2.75) is 39.7 Å². The van der Waals surface area contributed by atoms with Crippen molar-refractivity contribution >= 4 is 0 Å². The Hall–Kier alpha value is -1.40. The van der Waals surface area contributed by atoms with Crippen molar-refractivity contribution in [3.05, 3.63) is 34.9 Å². The highest BCUT2D eigenvalue weighted by Crippen LogP contribution is 2.23.